The maximum atomic E-state index is 12.4. The van der Waals surface area contributed by atoms with Crippen molar-refractivity contribution in [3.63, 3.8) is 0 Å². The van der Waals surface area contributed by atoms with Crippen molar-refractivity contribution in [2.24, 2.45) is 5.92 Å². The predicted molar refractivity (Wildman–Crippen MR) is 96.1 cm³/mol. The Morgan fingerprint density at radius 1 is 1.40 bits per heavy atom. The van der Waals surface area contributed by atoms with Crippen LogP contribution in [0, 0.1) is 16.0 Å². The summed E-state index contributed by atoms with van der Waals surface area (Å²) in [6.07, 6.45) is -3.75. The van der Waals surface area contributed by atoms with Crippen molar-refractivity contribution in [1.29, 1.82) is 0 Å². The third-order valence-corrected chi connectivity index (χ3v) is 4.25. The number of alkyl halides is 3. The van der Waals surface area contributed by atoms with Crippen LogP contribution in [-0.2, 0) is 0 Å². The fourth-order valence-corrected chi connectivity index (χ4v) is 2.86. The normalized spacial score (nSPS) is 14.3. The van der Waals surface area contributed by atoms with Gasteiger partial charge in [-0.3, -0.25) is 4.79 Å². The molecule has 1 aliphatic rings. The van der Waals surface area contributed by atoms with E-state index in [0.29, 0.717) is 26.2 Å². The van der Waals surface area contributed by atoms with Gasteiger partial charge in [-0.1, -0.05) is 6.07 Å². The maximum absolute atomic E-state index is 12.4. The molecule has 0 bridgehead atoms. The van der Waals surface area contributed by atoms with Crippen molar-refractivity contribution >= 4 is 11.7 Å². The van der Waals surface area contributed by atoms with Gasteiger partial charge in [0.05, 0.1) is 0 Å². The van der Waals surface area contributed by atoms with Crippen molar-refractivity contribution in [3.8, 4) is 11.8 Å². The lowest BCUT2D eigenvalue weighted by Gasteiger charge is -2.39. The van der Waals surface area contributed by atoms with Crippen LogP contribution in [0.1, 0.15) is 10.4 Å². The van der Waals surface area contributed by atoms with E-state index in [1.54, 1.807) is 0 Å². The van der Waals surface area contributed by atoms with E-state index in [0.717, 1.165) is 18.3 Å². The van der Waals surface area contributed by atoms with Gasteiger partial charge in [0, 0.05) is 37.7 Å². The Balaban J connectivity index is 1.34. The molecule has 2 N–H and O–H groups in total. The number of carbonyl (C=O) groups excluding carboxylic acids is 1. The summed E-state index contributed by atoms with van der Waals surface area (Å²) >= 11 is 0. The first-order chi connectivity index (χ1) is 14.2. The third kappa shape index (κ3) is 5.83. The smallest absolute Gasteiger partial charge is 0.446 e. The number of aromatic nitrogens is 2. The van der Waals surface area contributed by atoms with Crippen LogP contribution in [0.15, 0.2) is 30.5 Å². The zero-order valence-electron chi connectivity index (χ0n) is 15.5. The van der Waals surface area contributed by atoms with E-state index in [2.05, 4.69) is 20.0 Å². The molecule has 3 rings (SSSR count). The second-order valence-corrected chi connectivity index (χ2v) is 6.54. The SMILES string of the molecule is O=C(c1cccc(OC(F)(F)F)c1)N1CC(CNCCOc2ncc([N+](=O)[O-])[nH]2)C1. The average Bonchev–Trinajstić information content (AvgIpc) is 3.10. The molecule has 13 heteroatoms. The number of likely N-dealkylation sites (tertiary alicyclic amines) is 1. The zero-order chi connectivity index (χ0) is 21.7. The molecule has 0 unspecified atom stereocenters. The summed E-state index contributed by atoms with van der Waals surface area (Å²) in [4.78, 5) is 29.9. The van der Waals surface area contributed by atoms with Gasteiger partial charge in [-0.25, -0.2) is 0 Å². The molecule has 0 spiro atoms. The lowest BCUT2D eigenvalue weighted by atomic mass is 9.98. The summed E-state index contributed by atoms with van der Waals surface area (Å²) in [5, 5.41) is 13.7. The summed E-state index contributed by atoms with van der Waals surface area (Å²) in [6.45, 7) is 2.27. The van der Waals surface area contributed by atoms with E-state index in [1.807, 2.05) is 0 Å². The minimum atomic E-state index is -4.81. The van der Waals surface area contributed by atoms with Gasteiger partial charge in [0.1, 0.15) is 18.6 Å². The number of nitro groups is 1. The Hall–Kier alpha value is -3.35. The van der Waals surface area contributed by atoms with Crippen molar-refractivity contribution in [1.82, 2.24) is 20.2 Å². The van der Waals surface area contributed by atoms with Crippen LogP contribution in [-0.4, -0.2) is 64.8 Å². The Morgan fingerprint density at radius 2 is 2.17 bits per heavy atom. The first-order valence-electron chi connectivity index (χ1n) is 8.89. The highest BCUT2D eigenvalue weighted by atomic mass is 19.4. The monoisotopic (exact) mass is 429 g/mol. The molecule has 1 amide bonds. The molecule has 10 nitrogen and oxygen atoms in total. The molecule has 0 radical (unpaired) electrons. The van der Waals surface area contributed by atoms with Gasteiger partial charge in [-0.2, -0.15) is 9.97 Å². The quantitative estimate of drug-likeness (QED) is 0.355. The van der Waals surface area contributed by atoms with E-state index in [4.69, 9.17) is 4.74 Å². The number of aromatic amines is 1. The molecular formula is C17H18F3N5O5. The van der Waals surface area contributed by atoms with Crippen molar-refractivity contribution in [2.75, 3.05) is 32.8 Å². The fourth-order valence-electron chi connectivity index (χ4n) is 2.86. The molecule has 2 aromatic rings. The Kier molecular flexibility index (Phi) is 6.40. The van der Waals surface area contributed by atoms with E-state index in [1.165, 1.54) is 17.0 Å². The number of hydrogen-bond donors (Lipinski definition) is 2. The molecule has 1 fully saturated rings. The number of benzene rings is 1. The first kappa shape index (κ1) is 21.4. The maximum Gasteiger partial charge on any atom is 0.573 e. The third-order valence-electron chi connectivity index (χ3n) is 4.25. The number of imidazole rings is 1. The fraction of sp³-hybridized carbons (Fsp3) is 0.412. The molecule has 2 heterocycles. The molecule has 0 atom stereocenters. The van der Waals surface area contributed by atoms with E-state index in [9.17, 15) is 28.1 Å². The summed E-state index contributed by atoms with van der Waals surface area (Å²) in [5.41, 5.74) is 0.129. The van der Waals surface area contributed by atoms with Gasteiger partial charge in [0.25, 0.3) is 5.91 Å². The summed E-state index contributed by atoms with van der Waals surface area (Å²) < 4.78 is 46.0. The number of rotatable bonds is 9. The highest BCUT2D eigenvalue weighted by molar-refractivity contribution is 5.95. The number of hydrogen-bond acceptors (Lipinski definition) is 7. The standard InChI is InChI=1S/C17H18F3N5O5/c18-17(19,20)30-13-3-1-2-12(6-13)15(26)24-9-11(10-24)7-21-4-5-29-16-22-8-14(23-16)25(27)28/h1-3,6,8,11,21H,4-5,7,9-10H2,(H,22,23). The molecule has 1 aromatic heterocycles. The van der Waals surface area contributed by atoms with Crippen LogP contribution >= 0.6 is 0 Å². The van der Waals surface area contributed by atoms with Crippen LogP contribution < -0.4 is 14.8 Å². The van der Waals surface area contributed by atoms with Crippen LogP contribution in [0.5, 0.6) is 11.8 Å². The Bertz CT molecular complexity index is 898. The molecule has 1 aromatic carbocycles. The molecule has 0 saturated carbocycles. The molecule has 1 aliphatic heterocycles. The molecule has 162 valence electrons. The van der Waals surface area contributed by atoms with Crippen molar-refractivity contribution < 1.29 is 32.4 Å². The van der Waals surface area contributed by atoms with Crippen LogP contribution in [0.25, 0.3) is 0 Å². The zero-order valence-corrected chi connectivity index (χ0v) is 15.5. The number of halogens is 3. The molecule has 0 aliphatic carbocycles. The number of carbonyl (C=O) groups is 1. The minimum absolute atomic E-state index is 0.0562. The summed E-state index contributed by atoms with van der Waals surface area (Å²) in [7, 11) is 0. The minimum Gasteiger partial charge on any atom is -0.446 e. The van der Waals surface area contributed by atoms with E-state index in [-0.39, 0.29) is 35.8 Å². The first-order valence-corrected chi connectivity index (χ1v) is 8.89. The van der Waals surface area contributed by atoms with Crippen molar-refractivity contribution in [2.45, 2.75) is 6.36 Å². The lowest BCUT2D eigenvalue weighted by Crippen LogP contribution is -2.53. The number of ether oxygens (including phenoxy) is 2. The Morgan fingerprint density at radius 3 is 2.83 bits per heavy atom. The van der Waals surface area contributed by atoms with Gasteiger partial charge in [0.15, 0.2) is 0 Å². The number of nitrogens with one attached hydrogen (secondary N) is 2. The number of H-pyrrole nitrogens is 1. The van der Waals surface area contributed by atoms with Gasteiger partial charge in [-0.05, 0) is 23.1 Å². The highest BCUT2D eigenvalue weighted by Gasteiger charge is 2.33. The van der Waals surface area contributed by atoms with E-state index >= 15 is 0 Å². The van der Waals surface area contributed by atoms with Crippen LogP contribution in [0.4, 0.5) is 19.0 Å². The summed E-state index contributed by atoms with van der Waals surface area (Å²) in [6, 6.07) is 5.03. The lowest BCUT2D eigenvalue weighted by molar-refractivity contribution is -0.389. The van der Waals surface area contributed by atoms with Gasteiger partial charge in [-0.15, -0.1) is 13.2 Å². The molecule has 30 heavy (non-hydrogen) atoms. The number of amides is 1. The second kappa shape index (κ2) is 8.98. The molecular weight excluding hydrogens is 411 g/mol. The van der Waals surface area contributed by atoms with E-state index < -0.39 is 17.0 Å². The van der Waals surface area contributed by atoms with Crippen LogP contribution in [0.2, 0.25) is 0 Å². The Labute approximate surface area is 168 Å². The van der Waals surface area contributed by atoms with Crippen molar-refractivity contribution in [3.05, 3.63) is 46.1 Å². The molecule has 1 saturated heterocycles. The van der Waals surface area contributed by atoms with Gasteiger partial charge >= 0.3 is 18.2 Å². The summed E-state index contributed by atoms with van der Waals surface area (Å²) in [5.74, 6) is -0.850. The average molecular weight is 429 g/mol. The largest absolute Gasteiger partial charge is 0.573 e. The topological polar surface area (TPSA) is 123 Å². The second-order valence-electron chi connectivity index (χ2n) is 6.54. The van der Waals surface area contributed by atoms with Crippen LogP contribution in [0.3, 0.4) is 0 Å². The van der Waals surface area contributed by atoms with Gasteiger partial charge in [0.2, 0.25) is 0 Å². The predicted octanol–water partition coefficient (Wildman–Crippen LogP) is 1.96. The number of nitrogens with zero attached hydrogens (tertiary/aromatic N) is 3. The van der Waals surface area contributed by atoms with Gasteiger partial charge < -0.3 is 29.8 Å². The highest BCUT2D eigenvalue weighted by Crippen LogP contribution is 2.25.